The number of nitrogens with zero attached hydrogens (tertiary/aromatic N) is 1. The predicted octanol–water partition coefficient (Wildman–Crippen LogP) is 2.64. The van der Waals surface area contributed by atoms with Crippen LogP contribution in [-0.2, 0) is 9.59 Å². The quantitative estimate of drug-likeness (QED) is 0.670. The van der Waals surface area contributed by atoms with E-state index in [1.165, 1.54) is 40.3 Å². The van der Waals surface area contributed by atoms with Crippen molar-refractivity contribution in [2.75, 3.05) is 4.90 Å². The lowest BCUT2D eigenvalue weighted by Gasteiger charge is -2.19. The van der Waals surface area contributed by atoms with Crippen LogP contribution in [0.25, 0.3) is 0 Å². The molecule has 1 aromatic carbocycles. The molecule has 4 unspecified atom stereocenters. The molecule has 5 nitrogen and oxygen atoms in total. The van der Waals surface area contributed by atoms with Gasteiger partial charge in [0.25, 0.3) is 0 Å². The molecule has 0 aromatic heterocycles. The van der Waals surface area contributed by atoms with Gasteiger partial charge in [0, 0.05) is 11.8 Å². The number of carbonyl (C=O) groups is 3. The third kappa shape index (κ3) is 1.78. The van der Waals surface area contributed by atoms with Crippen LogP contribution in [0.5, 0.6) is 0 Å². The second-order valence-corrected chi connectivity index (χ2v) is 6.81. The number of rotatable bonds is 2. The first kappa shape index (κ1) is 14.9. The summed E-state index contributed by atoms with van der Waals surface area (Å²) in [4.78, 5) is 38.0. The highest BCUT2D eigenvalue weighted by molar-refractivity contribution is 6.23. The number of aromatic carboxylic acids is 1. The van der Waals surface area contributed by atoms with E-state index in [1.807, 2.05) is 13.8 Å². The van der Waals surface area contributed by atoms with Crippen molar-refractivity contribution in [2.45, 2.75) is 13.8 Å². The largest absolute Gasteiger partial charge is 0.478 e. The number of amides is 2. The average molecular weight is 323 g/mol. The zero-order valence-electron chi connectivity index (χ0n) is 13.4. The van der Waals surface area contributed by atoms with Gasteiger partial charge in [0.05, 0.1) is 23.1 Å². The van der Waals surface area contributed by atoms with Gasteiger partial charge in [0.2, 0.25) is 11.8 Å². The molecule has 1 saturated carbocycles. The number of carboxylic acids is 1. The van der Waals surface area contributed by atoms with Crippen LogP contribution in [0.4, 0.5) is 5.69 Å². The Morgan fingerprint density at radius 3 is 1.88 bits per heavy atom. The Morgan fingerprint density at radius 2 is 1.46 bits per heavy atom. The fraction of sp³-hybridized carbons (Fsp3) is 0.316. The summed E-state index contributed by atoms with van der Waals surface area (Å²) in [5.74, 6) is -2.00. The number of hydrogen-bond acceptors (Lipinski definition) is 3. The number of allylic oxidation sites excluding steroid dienone is 4. The molecule has 2 bridgehead atoms. The van der Waals surface area contributed by atoms with Gasteiger partial charge < -0.3 is 5.11 Å². The first-order valence-electron chi connectivity index (χ1n) is 7.98. The van der Waals surface area contributed by atoms with Crippen molar-refractivity contribution in [3.05, 3.63) is 53.1 Å². The van der Waals surface area contributed by atoms with Crippen molar-refractivity contribution in [1.82, 2.24) is 0 Å². The number of carboxylic acid groups (broad SMARTS) is 1. The lowest BCUT2D eigenvalue weighted by molar-refractivity contribution is -0.122. The highest BCUT2D eigenvalue weighted by atomic mass is 16.4. The highest BCUT2D eigenvalue weighted by Crippen LogP contribution is 2.57. The van der Waals surface area contributed by atoms with E-state index in [9.17, 15) is 14.4 Å². The lowest BCUT2D eigenvalue weighted by atomic mass is 9.85. The second kappa shape index (κ2) is 4.90. The SMILES string of the molecule is CC(C)=C1C2C=CC1C1C(=O)N(c3ccc(C(=O)O)cc3)C(=O)C21. The van der Waals surface area contributed by atoms with Crippen LogP contribution in [-0.4, -0.2) is 22.9 Å². The smallest absolute Gasteiger partial charge is 0.335 e. The van der Waals surface area contributed by atoms with E-state index in [-0.39, 0.29) is 41.0 Å². The third-order valence-electron chi connectivity index (χ3n) is 5.37. The van der Waals surface area contributed by atoms with Gasteiger partial charge in [-0.2, -0.15) is 0 Å². The Morgan fingerprint density at radius 1 is 0.958 bits per heavy atom. The number of fused-ring (bicyclic) bond motifs is 5. The summed E-state index contributed by atoms with van der Waals surface area (Å²) in [5.41, 5.74) is 2.98. The van der Waals surface area contributed by atoms with Crippen LogP contribution < -0.4 is 4.90 Å². The minimum atomic E-state index is -1.03. The summed E-state index contributed by atoms with van der Waals surface area (Å²) in [5, 5.41) is 8.97. The standard InChI is InChI=1S/C19H17NO4/c1-9(2)14-12-7-8-13(14)16-15(12)17(21)20(18(16)22)11-5-3-10(4-6-11)19(23)24/h3-8,12-13,15-16H,1-2H3,(H,23,24). The monoisotopic (exact) mass is 323 g/mol. The Labute approximate surface area is 139 Å². The van der Waals surface area contributed by atoms with Gasteiger partial charge in [-0.15, -0.1) is 0 Å². The van der Waals surface area contributed by atoms with Gasteiger partial charge in [-0.3, -0.25) is 9.59 Å². The second-order valence-electron chi connectivity index (χ2n) is 6.81. The molecule has 122 valence electrons. The molecule has 2 amide bonds. The van der Waals surface area contributed by atoms with Gasteiger partial charge >= 0.3 is 5.97 Å². The maximum Gasteiger partial charge on any atom is 0.335 e. The molecule has 3 aliphatic rings. The molecule has 2 fully saturated rings. The molecule has 1 saturated heterocycles. The van der Waals surface area contributed by atoms with Gasteiger partial charge in [-0.1, -0.05) is 23.3 Å². The molecular weight excluding hydrogens is 306 g/mol. The van der Waals surface area contributed by atoms with Crippen LogP contribution in [0.15, 0.2) is 47.6 Å². The van der Waals surface area contributed by atoms with Crippen LogP contribution >= 0.6 is 0 Å². The van der Waals surface area contributed by atoms with Gasteiger partial charge in [0.15, 0.2) is 0 Å². The predicted molar refractivity (Wildman–Crippen MR) is 87.4 cm³/mol. The van der Waals surface area contributed by atoms with Crippen molar-refractivity contribution in [2.24, 2.45) is 23.7 Å². The average Bonchev–Trinajstić information content (AvgIpc) is 3.18. The van der Waals surface area contributed by atoms with Gasteiger partial charge in [-0.05, 0) is 38.1 Å². The number of benzene rings is 1. The summed E-state index contributed by atoms with van der Waals surface area (Å²) in [6, 6.07) is 5.89. The highest BCUT2D eigenvalue weighted by Gasteiger charge is 2.61. The zero-order valence-corrected chi connectivity index (χ0v) is 13.4. The topological polar surface area (TPSA) is 74.7 Å². The molecule has 1 heterocycles. The van der Waals surface area contributed by atoms with Crippen LogP contribution in [0.1, 0.15) is 24.2 Å². The number of anilines is 1. The lowest BCUT2D eigenvalue weighted by Crippen LogP contribution is -2.33. The summed E-state index contributed by atoms with van der Waals surface area (Å²) >= 11 is 0. The number of carbonyl (C=O) groups excluding carboxylic acids is 2. The van der Waals surface area contributed by atoms with E-state index in [4.69, 9.17) is 5.11 Å². The Balaban J connectivity index is 1.71. The van der Waals surface area contributed by atoms with E-state index in [1.54, 1.807) is 0 Å². The summed E-state index contributed by atoms with van der Waals surface area (Å²) in [6.07, 6.45) is 4.10. The fourth-order valence-corrected chi connectivity index (χ4v) is 4.44. The molecule has 4 rings (SSSR count). The zero-order chi connectivity index (χ0) is 17.2. The van der Waals surface area contributed by atoms with Crippen LogP contribution in [0.3, 0.4) is 0 Å². The molecule has 1 aromatic rings. The van der Waals surface area contributed by atoms with E-state index in [0.717, 1.165) is 0 Å². The minimum Gasteiger partial charge on any atom is -0.478 e. The first-order chi connectivity index (χ1) is 11.4. The maximum atomic E-state index is 12.9. The van der Waals surface area contributed by atoms with Crippen LogP contribution in [0.2, 0.25) is 0 Å². The molecule has 5 heteroatoms. The summed E-state index contributed by atoms with van der Waals surface area (Å²) in [7, 11) is 0. The maximum absolute atomic E-state index is 12.9. The van der Waals surface area contributed by atoms with Gasteiger partial charge in [-0.25, -0.2) is 9.69 Å². The van der Waals surface area contributed by atoms with Crippen molar-refractivity contribution in [3.63, 3.8) is 0 Å². The van der Waals surface area contributed by atoms with Crippen LogP contribution in [0, 0.1) is 23.7 Å². The van der Waals surface area contributed by atoms with E-state index in [0.29, 0.717) is 5.69 Å². The molecular formula is C19H17NO4. The van der Waals surface area contributed by atoms with E-state index < -0.39 is 5.97 Å². The molecule has 4 atom stereocenters. The Kier molecular flexibility index (Phi) is 3.04. The molecule has 1 N–H and O–H groups in total. The summed E-state index contributed by atoms with van der Waals surface area (Å²) in [6.45, 7) is 4.06. The Bertz CT molecular complexity index is 795. The van der Waals surface area contributed by atoms with Crippen molar-refractivity contribution >= 4 is 23.5 Å². The molecule has 24 heavy (non-hydrogen) atoms. The van der Waals surface area contributed by atoms with Crippen molar-refractivity contribution in [3.8, 4) is 0 Å². The fourth-order valence-electron chi connectivity index (χ4n) is 4.44. The first-order valence-corrected chi connectivity index (χ1v) is 7.98. The Hall–Kier alpha value is -2.69. The van der Waals surface area contributed by atoms with Gasteiger partial charge in [0.1, 0.15) is 0 Å². The molecule has 0 radical (unpaired) electrons. The van der Waals surface area contributed by atoms with E-state index in [2.05, 4.69) is 12.2 Å². The molecule has 0 spiro atoms. The van der Waals surface area contributed by atoms with E-state index >= 15 is 0 Å². The van der Waals surface area contributed by atoms with Crippen molar-refractivity contribution < 1.29 is 19.5 Å². The number of imide groups is 1. The minimum absolute atomic E-state index is 0.0183. The number of hydrogen-bond donors (Lipinski definition) is 1. The molecule has 2 aliphatic carbocycles. The molecule has 1 aliphatic heterocycles. The normalized spacial score (nSPS) is 30.2. The summed E-state index contributed by atoms with van der Waals surface area (Å²) < 4.78 is 0. The third-order valence-corrected chi connectivity index (χ3v) is 5.37. The van der Waals surface area contributed by atoms with Crippen molar-refractivity contribution in [1.29, 1.82) is 0 Å².